The Morgan fingerprint density at radius 3 is 2.23 bits per heavy atom. The first-order valence-corrected chi connectivity index (χ1v) is 3.73. The Morgan fingerprint density at radius 2 is 1.92 bits per heavy atom. The maximum absolute atomic E-state index is 10.6. The van der Waals surface area contributed by atoms with Gasteiger partial charge in [-0.25, -0.2) is 0 Å². The molecule has 0 radical (unpaired) electrons. The molecule has 1 fully saturated rings. The number of carbonyl (C=O) groups is 2. The van der Waals surface area contributed by atoms with Crippen LogP contribution in [-0.2, 0) is 9.59 Å². The first-order valence-electron chi connectivity index (χ1n) is 3.73. The molecule has 0 bridgehead atoms. The van der Waals surface area contributed by atoms with Crippen LogP contribution in [0.3, 0.4) is 0 Å². The van der Waals surface area contributed by atoms with Gasteiger partial charge in [0.2, 0.25) is 0 Å². The van der Waals surface area contributed by atoms with Crippen molar-refractivity contribution in [1.82, 2.24) is 6.15 Å². The van der Waals surface area contributed by atoms with E-state index < -0.39 is 23.4 Å². The molecule has 1 rings (SSSR count). The van der Waals surface area contributed by atoms with E-state index in [-0.39, 0.29) is 12.6 Å². The normalized spacial score (nSPS) is 32.2. The lowest BCUT2D eigenvalue weighted by molar-refractivity contribution is -0.153. The molecule has 0 aromatic heterocycles. The molecule has 6 heteroatoms. The predicted octanol–water partition coefficient (Wildman–Crippen LogP) is -0.185. The van der Waals surface area contributed by atoms with Gasteiger partial charge in [0, 0.05) is 0 Å². The summed E-state index contributed by atoms with van der Waals surface area (Å²) in [6.45, 7) is 0. The molecule has 0 aromatic carbocycles. The summed E-state index contributed by atoms with van der Waals surface area (Å²) >= 11 is 0. The van der Waals surface area contributed by atoms with Gasteiger partial charge in [-0.05, 0) is 12.8 Å². The fourth-order valence-electron chi connectivity index (χ4n) is 1.63. The van der Waals surface area contributed by atoms with Crippen LogP contribution in [0.2, 0.25) is 0 Å². The van der Waals surface area contributed by atoms with E-state index in [1.165, 1.54) is 0 Å². The number of aliphatic carboxylic acids is 2. The summed E-state index contributed by atoms with van der Waals surface area (Å²) in [5.41, 5.74) is 3.92. The number of carboxylic acids is 2. The average molecular weight is 190 g/mol. The van der Waals surface area contributed by atoms with Gasteiger partial charge in [0.05, 0.1) is 5.92 Å². The number of rotatable bonds is 2. The zero-order chi connectivity index (χ0) is 9.35. The topological polar surface area (TPSA) is 136 Å². The molecule has 0 aliphatic heterocycles. The molecular formula is C7H14N2O4. The molecule has 2 unspecified atom stereocenters. The molecule has 0 heterocycles. The van der Waals surface area contributed by atoms with Crippen LogP contribution in [0.15, 0.2) is 0 Å². The third-order valence-electron chi connectivity index (χ3n) is 2.40. The summed E-state index contributed by atoms with van der Waals surface area (Å²) in [6, 6.07) is 0. The van der Waals surface area contributed by atoms with Crippen molar-refractivity contribution >= 4 is 11.9 Å². The van der Waals surface area contributed by atoms with E-state index in [4.69, 9.17) is 15.9 Å². The third-order valence-corrected chi connectivity index (χ3v) is 2.40. The van der Waals surface area contributed by atoms with E-state index in [0.717, 1.165) is 0 Å². The highest BCUT2D eigenvalue weighted by Gasteiger charge is 2.49. The zero-order valence-electron chi connectivity index (χ0n) is 7.19. The Labute approximate surface area is 75.3 Å². The quantitative estimate of drug-likeness (QED) is 0.476. The SMILES string of the molecule is N.NC1(C(=O)O)CCCC1C(=O)O. The van der Waals surface area contributed by atoms with Crippen LogP contribution >= 0.6 is 0 Å². The minimum Gasteiger partial charge on any atom is -0.481 e. The van der Waals surface area contributed by atoms with Gasteiger partial charge in [-0.3, -0.25) is 9.59 Å². The molecule has 2 atom stereocenters. The second-order valence-electron chi connectivity index (χ2n) is 3.13. The summed E-state index contributed by atoms with van der Waals surface area (Å²) in [5, 5.41) is 17.4. The molecule has 7 N–H and O–H groups in total. The van der Waals surface area contributed by atoms with Crippen LogP contribution < -0.4 is 11.9 Å². The molecular weight excluding hydrogens is 176 g/mol. The Morgan fingerprint density at radius 1 is 1.38 bits per heavy atom. The van der Waals surface area contributed by atoms with Crippen molar-refractivity contribution in [2.75, 3.05) is 0 Å². The smallest absolute Gasteiger partial charge is 0.324 e. The lowest BCUT2D eigenvalue weighted by Crippen LogP contribution is -2.53. The van der Waals surface area contributed by atoms with Gasteiger partial charge in [-0.2, -0.15) is 0 Å². The molecule has 1 saturated carbocycles. The van der Waals surface area contributed by atoms with Crippen molar-refractivity contribution < 1.29 is 19.8 Å². The van der Waals surface area contributed by atoms with Crippen molar-refractivity contribution in [1.29, 1.82) is 0 Å². The molecule has 0 aromatic rings. The third kappa shape index (κ3) is 1.78. The highest BCUT2D eigenvalue weighted by atomic mass is 16.4. The van der Waals surface area contributed by atoms with Crippen molar-refractivity contribution in [3.63, 3.8) is 0 Å². The van der Waals surface area contributed by atoms with Crippen LogP contribution in [0.25, 0.3) is 0 Å². The van der Waals surface area contributed by atoms with E-state index in [1.807, 2.05) is 0 Å². The van der Waals surface area contributed by atoms with Crippen molar-refractivity contribution in [2.24, 2.45) is 11.7 Å². The largest absolute Gasteiger partial charge is 0.481 e. The highest BCUT2D eigenvalue weighted by molar-refractivity contribution is 5.87. The fourth-order valence-corrected chi connectivity index (χ4v) is 1.63. The van der Waals surface area contributed by atoms with Gasteiger partial charge >= 0.3 is 11.9 Å². The molecule has 0 saturated heterocycles. The summed E-state index contributed by atoms with van der Waals surface area (Å²) in [6.07, 6.45) is 1.18. The maximum atomic E-state index is 10.6. The minimum absolute atomic E-state index is 0. The van der Waals surface area contributed by atoms with Gasteiger partial charge in [-0.1, -0.05) is 6.42 Å². The van der Waals surface area contributed by atoms with Gasteiger partial charge in [-0.15, -0.1) is 0 Å². The van der Waals surface area contributed by atoms with Crippen molar-refractivity contribution in [3.05, 3.63) is 0 Å². The standard InChI is InChI=1S/C7H11NO4.H3N/c8-7(6(11)12)3-1-2-4(7)5(9)10;/h4H,1-3,8H2,(H,9,10)(H,11,12);1H3. The Bertz CT molecular complexity index is 231. The van der Waals surface area contributed by atoms with Crippen LogP contribution in [0.1, 0.15) is 19.3 Å². The molecule has 76 valence electrons. The molecule has 0 spiro atoms. The number of nitrogens with two attached hydrogens (primary N) is 1. The predicted molar refractivity (Wildman–Crippen MR) is 44.6 cm³/mol. The summed E-state index contributed by atoms with van der Waals surface area (Å²) in [5.74, 6) is -3.26. The van der Waals surface area contributed by atoms with Gasteiger partial charge in [0.15, 0.2) is 0 Å². The monoisotopic (exact) mass is 190 g/mol. The van der Waals surface area contributed by atoms with Crippen molar-refractivity contribution in [2.45, 2.75) is 24.8 Å². The zero-order valence-corrected chi connectivity index (χ0v) is 7.19. The van der Waals surface area contributed by atoms with E-state index in [0.29, 0.717) is 12.8 Å². The first-order chi connectivity index (χ1) is 5.48. The number of hydrogen-bond donors (Lipinski definition) is 4. The maximum Gasteiger partial charge on any atom is 0.324 e. The van der Waals surface area contributed by atoms with Crippen LogP contribution in [0.4, 0.5) is 0 Å². The summed E-state index contributed by atoms with van der Waals surface area (Å²) < 4.78 is 0. The van der Waals surface area contributed by atoms with E-state index in [9.17, 15) is 9.59 Å². The minimum atomic E-state index is -1.55. The van der Waals surface area contributed by atoms with E-state index >= 15 is 0 Å². The second-order valence-corrected chi connectivity index (χ2v) is 3.13. The molecule has 0 amide bonds. The van der Waals surface area contributed by atoms with Crippen LogP contribution in [0, 0.1) is 5.92 Å². The van der Waals surface area contributed by atoms with Gasteiger partial charge in [0.25, 0.3) is 0 Å². The Hall–Kier alpha value is -1.14. The van der Waals surface area contributed by atoms with Gasteiger partial charge < -0.3 is 22.1 Å². The summed E-state index contributed by atoms with van der Waals surface area (Å²) in [7, 11) is 0. The number of carboxylic acid groups (broad SMARTS) is 2. The van der Waals surface area contributed by atoms with Gasteiger partial charge in [0.1, 0.15) is 5.54 Å². The Kier molecular flexibility index (Phi) is 3.39. The molecule has 13 heavy (non-hydrogen) atoms. The lowest BCUT2D eigenvalue weighted by atomic mass is 9.88. The first kappa shape index (κ1) is 11.9. The molecule has 6 nitrogen and oxygen atoms in total. The fraction of sp³-hybridized carbons (Fsp3) is 0.714. The van der Waals surface area contributed by atoms with E-state index in [1.54, 1.807) is 0 Å². The average Bonchev–Trinajstić information content (AvgIpc) is 2.32. The molecule has 1 aliphatic rings. The van der Waals surface area contributed by atoms with E-state index in [2.05, 4.69) is 0 Å². The van der Waals surface area contributed by atoms with Crippen LogP contribution in [-0.4, -0.2) is 27.7 Å². The summed E-state index contributed by atoms with van der Waals surface area (Å²) in [4.78, 5) is 21.2. The Balaban J connectivity index is 0.00000144. The lowest BCUT2D eigenvalue weighted by Gasteiger charge is -2.22. The van der Waals surface area contributed by atoms with Crippen molar-refractivity contribution in [3.8, 4) is 0 Å². The van der Waals surface area contributed by atoms with Crippen LogP contribution in [0.5, 0.6) is 0 Å². The number of hydrogen-bond acceptors (Lipinski definition) is 4. The second kappa shape index (κ2) is 3.71. The highest BCUT2D eigenvalue weighted by Crippen LogP contribution is 2.33. The molecule has 1 aliphatic carbocycles.